The summed E-state index contributed by atoms with van der Waals surface area (Å²) in [4.78, 5) is 12.2. The fourth-order valence-electron chi connectivity index (χ4n) is 2.49. The molecular weight excluding hydrogens is 356 g/mol. The fourth-order valence-corrected chi connectivity index (χ4v) is 4.19. The molecule has 2 aromatic rings. The zero-order valence-corrected chi connectivity index (χ0v) is 16.2. The lowest BCUT2D eigenvalue weighted by Crippen LogP contribution is -2.31. The second-order valence-electron chi connectivity index (χ2n) is 5.79. The summed E-state index contributed by atoms with van der Waals surface area (Å²) in [5.74, 6) is 0.619. The van der Waals surface area contributed by atoms with Crippen molar-refractivity contribution >= 4 is 27.4 Å². The predicted molar refractivity (Wildman–Crippen MR) is 99.6 cm³/mol. The van der Waals surface area contributed by atoms with E-state index >= 15 is 0 Å². The van der Waals surface area contributed by atoms with E-state index < -0.39 is 10.0 Å². The van der Waals surface area contributed by atoms with E-state index in [0.717, 1.165) is 0 Å². The first-order valence-corrected chi connectivity index (χ1v) is 9.79. The summed E-state index contributed by atoms with van der Waals surface area (Å²) < 4.78 is 31.8. The van der Waals surface area contributed by atoms with Crippen molar-refractivity contribution in [3.05, 3.63) is 35.6 Å². The number of amides is 1. The van der Waals surface area contributed by atoms with Gasteiger partial charge in [0.1, 0.15) is 5.76 Å². The molecule has 2 rings (SSSR count). The molecular formula is C17H24N4O4S. The molecule has 1 amide bonds. The van der Waals surface area contributed by atoms with Gasteiger partial charge in [-0.2, -0.15) is 4.31 Å². The standard InChI is InChI=1S/C17H24N4O4S/c1-5-21(6-2)26(23,24)15-10-14(8-7-12(15)3)18-11-17(22)19-16-9-13(4)25-20-16/h7-10,18H,5-6,11H2,1-4H3,(H,19,20,22). The van der Waals surface area contributed by atoms with Gasteiger partial charge in [-0.3, -0.25) is 4.79 Å². The first-order chi connectivity index (χ1) is 12.3. The number of sulfonamides is 1. The number of anilines is 2. The summed E-state index contributed by atoms with van der Waals surface area (Å²) in [7, 11) is -3.57. The maximum Gasteiger partial charge on any atom is 0.244 e. The van der Waals surface area contributed by atoms with E-state index in [1.165, 1.54) is 4.31 Å². The van der Waals surface area contributed by atoms with Gasteiger partial charge in [0.25, 0.3) is 0 Å². The molecule has 0 atom stereocenters. The maximum atomic E-state index is 12.7. The van der Waals surface area contributed by atoms with Gasteiger partial charge in [0.15, 0.2) is 5.82 Å². The Kier molecular flexibility index (Phi) is 6.38. The van der Waals surface area contributed by atoms with Crippen molar-refractivity contribution in [1.29, 1.82) is 0 Å². The number of hydrogen-bond donors (Lipinski definition) is 2. The van der Waals surface area contributed by atoms with Gasteiger partial charge in [0.2, 0.25) is 15.9 Å². The minimum Gasteiger partial charge on any atom is -0.376 e. The molecule has 142 valence electrons. The summed E-state index contributed by atoms with van der Waals surface area (Å²) in [6.07, 6.45) is 0. The SMILES string of the molecule is CCN(CC)S(=O)(=O)c1cc(NCC(=O)Nc2cc(C)on2)ccc1C. The number of rotatable bonds is 8. The number of carbonyl (C=O) groups excluding carboxylic acids is 1. The van der Waals surface area contributed by atoms with Gasteiger partial charge >= 0.3 is 0 Å². The lowest BCUT2D eigenvalue weighted by atomic mass is 10.2. The molecule has 1 aromatic heterocycles. The Hall–Kier alpha value is -2.39. The van der Waals surface area contributed by atoms with Gasteiger partial charge in [0, 0.05) is 24.8 Å². The molecule has 26 heavy (non-hydrogen) atoms. The molecule has 9 heteroatoms. The average molecular weight is 380 g/mol. The highest BCUT2D eigenvalue weighted by atomic mass is 32.2. The molecule has 0 aliphatic carbocycles. The summed E-state index contributed by atoms with van der Waals surface area (Å²) in [5.41, 5.74) is 1.21. The first kappa shape index (κ1) is 19.9. The fraction of sp³-hybridized carbons (Fsp3) is 0.412. The largest absolute Gasteiger partial charge is 0.376 e. The molecule has 0 saturated carbocycles. The van der Waals surface area contributed by atoms with Gasteiger partial charge in [-0.1, -0.05) is 25.1 Å². The highest BCUT2D eigenvalue weighted by molar-refractivity contribution is 7.89. The van der Waals surface area contributed by atoms with Crippen LogP contribution in [0.1, 0.15) is 25.2 Å². The molecule has 0 aliphatic heterocycles. The monoisotopic (exact) mass is 380 g/mol. The summed E-state index contributed by atoms with van der Waals surface area (Å²) in [5, 5.41) is 9.21. The van der Waals surface area contributed by atoms with Gasteiger partial charge in [-0.25, -0.2) is 8.42 Å². The first-order valence-electron chi connectivity index (χ1n) is 8.35. The van der Waals surface area contributed by atoms with Crippen molar-refractivity contribution in [3.8, 4) is 0 Å². The predicted octanol–water partition coefficient (Wildman–Crippen LogP) is 2.37. The Morgan fingerprint density at radius 1 is 1.19 bits per heavy atom. The lowest BCUT2D eigenvalue weighted by molar-refractivity contribution is -0.114. The highest BCUT2D eigenvalue weighted by Gasteiger charge is 2.23. The van der Waals surface area contributed by atoms with E-state index in [-0.39, 0.29) is 17.3 Å². The Balaban J connectivity index is 2.10. The second-order valence-corrected chi connectivity index (χ2v) is 7.70. The van der Waals surface area contributed by atoms with Crippen LogP contribution in [0.2, 0.25) is 0 Å². The number of aromatic nitrogens is 1. The molecule has 0 aliphatic rings. The van der Waals surface area contributed by atoms with Gasteiger partial charge < -0.3 is 15.2 Å². The zero-order chi connectivity index (χ0) is 19.3. The topological polar surface area (TPSA) is 105 Å². The number of benzene rings is 1. The van der Waals surface area contributed by atoms with Crippen LogP contribution in [0.3, 0.4) is 0 Å². The van der Waals surface area contributed by atoms with Crippen LogP contribution in [0, 0.1) is 13.8 Å². The van der Waals surface area contributed by atoms with Crippen LogP contribution in [0.4, 0.5) is 11.5 Å². The van der Waals surface area contributed by atoms with Crippen molar-refractivity contribution in [2.24, 2.45) is 0 Å². The Labute approximate surface area is 153 Å². The minimum absolute atomic E-state index is 0.0280. The highest BCUT2D eigenvalue weighted by Crippen LogP contribution is 2.23. The number of aryl methyl sites for hydroxylation is 2. The smallest absolute Gasteiger partial charge is 0.244 e. The molecule has 0 saturated heterocycles. The van der Waals surface area contributed by atoms with Crippen molar-refractivity contribution in [2.75, 3.05) is 30.3 Å². The molecule has 0 radical (unpaired) electrons. The molecule has 0 unspecified atom stereocenters. The number of nitrogens with zero attached hydrogens (tertiary/aromatic N) is 2. The normalized spacial score (nSPS) is 11.6. The summed E-state index contributed by atoms with van der Waals surface area (Å²) >= 11 is 0. The number of carbonyl (C=O) groups is 1. The van der Waals surface area contributed by atoms with E-state index in [4.69, 9.17) is 4.52 Å². The van der Waals surface area contributed by atoms with Crippen molar-refractivity contribution in [2.45, 2.75) is 32.6 Å². The van der Waals surface area contributed by atoms with E-state index in [2.05, 4.69) is 15.8 Å². The Bertz CT molecular complexity index is 873. The zero-order valence-electron chi connectivity index (χ0n) is 15.4. The van der Waals surface area contributed by atoms with Gasteiger partial charge in [-0.15, -0.1) is 0 Å². The van der Waals surface area contributed by atoms with Crippen molar-refractivity contribution in [1.82, 2.24) is 9.46 Å². The Morgan fingerprint density at radius 3 is 2.46 bits per heavy atom. The number of hydrogen-bond acceptors (Lipinski definition) is 6. The quantitative estimate of drug-likeness (QED) is 0.728. The molecule has 1 heterocycles. The summed E-state index contributed by atoms with van der Waals surface area (Å²) in [6.45, 7) is 7.85. The molecule has 8 nitrogen and oxygen atoms in total. The van der Waals surface area contributed by atoms with Crippen LogP contribution in [0.25, 0.3) is 0 Å². The number of nitrogens with one attached hydrogen (secondary N) is 2. The Morgan fingerprint density at radius 2 is 1.88 bits per heavy atom. The van der Waals surface area contributed by atoms with Crippen LogP contribution in [-0.4, -0.2) is 43.4 Å². The maximum absolute atomic E-state index is 12.7. The third kappa shape index (κ3) is 4.61. The van der Waals surface area contributed by atoms with Crippen LogP contribution >= 0.6 is 0 Å². The van der Waals surface area contributed by atoms with E-state index in [9.17, 15) is 13.2 Å². The van der Waals surface area contributed by atoms with Crippen molar-refractivity contribution < 1.29 is 17.7 Å². The van der Waals surface area contributed by atoms with E-state index in [0.29, 0.717) is 35.9 Å². The van der Waals surface area contributed by atoms with Crippen LogP contribution in [0.15, 0.2) is 33.7 Å². The van der Waals surface area contributed by atoms with Gasteiger partial charge in [0.05, 0.1) is 11.4 Å². The summed E-state index contributed by atoms with van der Waals surface area (Å²) in [6, 6.07) is 6.62. The van der Waals surface area contributed by atoms with Crippen LogP contribution in [0.5, 0.6) is 0 Å². The van der Waals surface area contributed by atoms with E-state index in [1.54, 1.807) is 52.0 Å². The van der Waals surface area contributed by atoms with Gasteiger partial charge in [-0.05, 0) is 31.5 Å². The molecule has 0 fully saturated rings. The molecule has 0 bridgehead atoms. The average Bonchev–Trinajstić information content (AvgIpc) is 2.99. The van der Waals surface area contributed by atoms with Crippen LogP contribution < -0.4 is 10.6 Å². The third-order valence-electron chi connectivity index (χ3n) is 3.86. The minimum atomic E-state index is -3.57. The van der Waals surface area contributed by atoms with E-state index in [1.807, 2.05) is 0 Å². The molecule has 0 spiro atoms. The third-order valence-corrected chi connectivity index (χ3v) is 6.05. The second kappa shape index (κ2) is 8.33. The lowest BCUT2D eigenvalue weighted by Gasteiger charge is -2.20. The molecule has 2 N–H and O–H groups in total. The van der Waals surface area contributed by atoms with Crippen molar-refractivity contribution in [3.63, 3.8) is 0 Å². The molecule has 1 aromatic carbocycles. The van der Waals surface area contributed by atoms with Crippen LogP contribution in [-0.2, 0) is 14.8 Å².